The van der Waals surface area contributed by atoms with Gasteiger partial charge in [-0.2, -0.15) is 0 Å². The molecule has 6 nitrogen and oxygen atoms in total. The Kier molecular flexibility index (Phi) is 4.56. The predicted octanol–water partition coefficient (Wildman–Crippen LogP) is 4.12. The summed E-state index contributed by atoms with van der Waals surface area (Å²) in [6.07, 6.45) is -0.855. The molecule has 30 heavy (non-hydrogen) atoms. The summed E-state index contributed by atoms with van der Waals surface area (Å²) in [5.41, 5.74) is 2.41. The van der Waals surface area contributed by atoms with E-state index in [-0.39, 0.29) is 17.9 Å². The highest BCUT2D eigenvalue weighted by Crippen LogP contribution is 2.49. The summed E-state index contributed by atoms with van der Waals surface area (Å²) in [4.78, 5) is 35.1. The van der Waals surface area contributed by atoms with Crippen LogP contribution in [0.1, 0.15) is 16.5 Å². The average molecular weight is 420 g/mol. The van der Waals surface area contributed by atoms with Crippen molar-refractivity contribution in [2.45, 2.75) is 19.1 Å². The highest BCUT2D eigenvalue weighted by molar-refractivity contribution is 7.10. The fourth-order valence-electron chi connectivity index (χ4n) is 4.17. The smallest absolute Gasteiger partial charge is 0.266 e. The molecule has 2 aromatic carbocycles. The van der Waals surface area contributed by atoms with Gasteiger partial charge in [0.05, 0.1) is 18.5 Å². The molecule has 5 rings (SSSR count). The van der Waals surface area contributed by atoms with Crippen molar-refractivity contribution >= 4 is 34.5 Å². The second-order valence-corrected chi connectivity index (χ2v) is 8.31. The monoisotopic (exact) mass is 420 g/mol. The van der Waals surface area contributed by atoms with Crippen LogP contribution in [0.2, 0.25) is 0 Å². The first-order valence-corrected chi connectivity index (χ1v) is 10.5. The van der Waals surface area contributed by atoms with Crippen LogP contribution in [-0.2, 0) is 14.4 Å². The molecule has 0 unspecified atom stereocenters. The summed E-state index contributed by atoms with van der Waals surface area (Å²) in [5.74, 6) is -0.535. The highest BCUT2D eigenvalue weighted by Gasteiger charge is 2.60. The number of rotatable bonds is 4. The Morgan fingerprint density at radius 2 is 1.73 bits per heavy atom. The molecule has 0 aliphatic carbocycles. The van der Waals surface area contributed by atoms with Crippen molar-refractivity contribution in [3.05, 3.63) is 76.5 Å². The van der Waals surface area contributed by atoms with Gasteiger partial charge in [-0.05, 0) is 54.3 Å². The first-order valence-electron chi connectivity index (χ1n) is 9.67. The number of carbonyl (C=O) groups excluding carboxylic acids is 2. The van der Waals surface area contributed by atoms with E-state index in [0.29, 0.717) is 11.4 Å². The first kappa shape index (κ1) is 18.8. The SMILES string of the molecule is COc1ccc(N2C(=O)[C@@H]3[C@@H](c4cccs4)N(c4ccccc4C)O[C@H]3C2=O)cc1. The maximum atomic E-state index is 13.5. The summed E-state index contributed by atoms with van der Waals surface area (Å²) in [7, 11) is 1.57. The third-order valence-electron chi connectivity index (χ3n) is 5.63. The number of fused-ring (bicyclic) bond motifs is 1. The zero-order valence-electron chi connectivity index (χ0n) is 16.5. The van der Waals surface area contributed by atoms with E-state index < -0.39 is 12.0 Å². The molecular weight excluding hydrogens is 400 g/mol. The lowest BCUT2D eigenvalue weighted by molar-refractivity contribution is -0.126. The summed E-state index contributed by atoms with van der Waals surface area (Å²) in [6, 6.07) is 18.3. The Balaban J connectivity index is 1.55. The quantitative estimate of drug-likeness (QED) is 0.595. The van der Waals surface area contributed by atoms with Crippen molar-refractivity contribution in [3.63, 3.8) is 0 Å². The van der Waals surface area contributed by atoms with Crippen LogP contribution < -0.4 is 14.7 Å². The number of nitrogens with zero attached hydrogens (tertiary/aromatic N) is 2. The maximum Gasteiger partial charge on any atom is 0.266 e. The van der Waals surface area contributed by atoms with Crippen molar-refractivity contribution in [3.8, 4) is 5.75 Å². The molecule has 2 aliphatic rings. The number of hydrogen-bond donors (Lipinski definition) is 0. The molecule has 152 valence electrons. The number of hydrogen-bond acceptors (Lipinski definition) is 6. The van der Waals surface area contributed by atoms with Gasteiger partial charge in [0.1, 0.15) is 17.7 Å². The Bertz CT molecular complexity index is 1100. The molecule has 0 N–H and O–H groups in total. The zero-order valence-corrected chi connectivity index (χ0v) is 17.3. The largest absolute Gasteiger partial charge is 0.497 e. The zero-order chi connectivity index (χ0) is 20.8. The minimum absolute atomic E-state index is 0.246. The molecule has 2 amide bonds. The minimum Gasteiger partial charge on any atom is -0.497 e. The molecule has 2 saturated heterocycles. The molecule has 2 fully saturated rings. The highest BCUT2D eigenvalue weighted by atomic mass is 32.1. The normalized spacial score (nSPS) is 23.2. The van der Waals surface area contributed by atoms with E-state index in [2.05, 4.69) is 0 Å². The molecule has 3 heterocycles. The van der Waals surface area contributed by atoms with Gasteiger partial charge in [-0.25, -0.2) is 9.96 Å². The molecular formula is C23H20N2O4S. The van der Waals surface area contributed by atoms with E-state index in [0.717, 1.165) is 16.1 Å². The van der Waals surface area contributed by atoms with E-state index in [1.807, 2.05) is 48.7 Å². The van der Waals surface area contributed by atoms with Crippen LogP contribution in [-0.4, -0.2) is 25.0 Å². The van der Waals surface area contributed by atoms with Crippen LogP contribution in [0.4, 0.5) is 11.4 Å². The van der Waals surface area contributed by atoms with Gasteiger partial charge in [0.15, 0.2) is 6.10 Å². The number of hydroxylamine groups is 1. The van der Waals surface area contributed by atoms with Gasteiger partial charge in [-0.3, -0.25) is 14.4 Å². The van der Waals surface area contributed by atoms with Gasteiger partial charge < -0.3 is 4.74 Å². The molecule has 3 aromatic rings. The van der Waals surface area contributed by atoms with E-state index in [9.17, 15) is 9.59 Å². The Labute approximate surface area is 178 Å². The number of methoxy groups -OCH3 is 1. The molecule has 7 heteroatoms. The van der Waals surface area contributed by atoms with Crippen LogP contribution in [0.3, 0.4) is 0 Å². The Hall–Kier alpha value is -3.16. The molecule has 2 aliphatic heterocycles. The minimum atomic E-state index is -0.855. The third kappa shape index (κ3) is 2.81. The molecule has 0 radical (unpaired) electrons. The second kappa shape index (κ2) is 7.27. The number of aryl methyl sites for hydroxylation is 1. The van der Waals surface area contributed by atoms with E-state index >= 15 is 0 Å². The van der Waals surface area contributed by atoms with Crippen molar-refractivity contribution in [1.29, 1.82) is 0 Å². The van der Waals surface area contributed by atoms with Crippen LogP contribution in [0.15, 0.2) is 66.0 Å². The fourth-order valence-corrected chi connectivity index (χ4v) is 5.02. The topological polar surface area (TPSA) is 59.1 Å². The van der Waals surface area contributed by atoms with Crippen molar-refractivity contribution in [2.75, 3.05) is 17.1 Å². The van der Waals surface area contributed by atoms with Gasteiger partial charge in [0.2, 0.25) is 5.91 Å². The predicted molar refractivity (Wildman–Crippen MR) is 115 cm³/mol. The molecule has 3 atom stereocenters. The first-order chi connectivity index (χ1) is 14.6. The van der Waals surface area contributed by atoms with Crippen LogP contribution in [0.5, 0.6) is 5.75 Å². The number of para-hydroxylation sites is 1. The van der Waals surface area contributed by atoms with E-state index in [1.165, 1.54) is 4.90 Å². The number of thiophene rings is 1. The van der Waals surface area contributed by atoms with Gasteiger partial charge in [0, 0.05) is 4.88 Å². The number of anilines is 2. The maximum absolute atomic E-state index is 13.5. The number of carbonyl (C=O) groups is 2. The van der Waals surface area contributed by atoms with Gasteiger partial charge in [-0.15, -0.1) is 11.3 Å². The van der Waals surface area contributed by atoms with Crippen LogP contribution in [0, 0.1) is 12.8 Å². The molecule has 0 saturated carbocycles. The summed E-state index contributed by atoms with van der Waals surface area (Å²) < 4.78 is 5.18. The number of imide groups is 1. The fraction of sp³-hybridized carbons (Fsp3) is 0.217. The van der Waals surface area contributed by atoms with Gasteiger partial charge >= 0.3 is 0 Å². The Morgan fingerprint density at radius 3 is 2.40 bits per heavy atom. The molecule has 0 bridgehead atoms. The van der Waals surface area contributed by atoms with Crippen molar-refractivity contribution in [2.24, 2.45) is 5.92 Å². The lowest BCUT2D eigenvalue weighted by atomic mass is 9.95. The molecule has 1 aromatic heterocycles. The second-order valence-electron chi connectivity index (χ2n) is 7.33. The van der Waals surface area contributed by atoms with Crippen molar-refractivity contribution in [1.82, 2.24) is 0 Å². The lowest BCUT2D eigenvalue weighted by Crippen LogP contribution is -2.37. The lowest BCUT2D eigenvalue weighted by Gasteiger charge is -2.28. The van der Waals surface area contributed by atoms with Crippen LogP contribution >= 0.6 is 11.3 Å². The third-order valence-corrected chi connectivity index (χ3v) is 6.58. The van der Waals surface area contributed by atoms with E-state index in [1.54, 1.807) is 47.8 Å². The Morgan fingerprint density at radius 1 is 0.967 bits per heavy atom. The van der Waals surface area contributed by atoms with Gasteiger partial charge in [0.25, 0.3) is 5.91 Å². The summed E-state index contributed by atoms with van der Waals surface area (Å²) >= 11 is 1.56. The summed E-state index contributed by atoms with van der Waals surface area (Å²) in [5, 5.41) is 3.72. The average Bonchev–Trinajstić information content (AvgIpc) is 3.46. The standard InChI is InChI=1S/C23H20N2O4S/c1-14-6-3-4-7-17(14)25-20(18-8-5-13-30-18)19-21(29-25)23(27)24(22(19)26)15-9-11-16(28-2)12-10-15/h3-13,19-21H,1-2H3/t19-,20-,21-/m1/s1. The number of ether oxygens (including phenoxy) is 1. The summed E-state index contributed by atoms with van der Waals surface area (Å²) in [6.45, 7) is 1.99. The number of benzene rings is 2. The molecule has 0 spiro atoms. The van der Waals surface area contributed by atoms with E-state index in [4.69, 9.17) is 9.57 Å². The van der Waals surface area contributed by atoms with Crippen molar-refractivity contribution < 1.29 is 19.2 Å². The number of amides is 2. The van der Waals surface area contributed by atoms with Crippen LogP contribution in [0.25, 0.3) is 0 Å². The van der Waals surface area contributed by atoms with Gasteiger partial charge in [-0.1, -0.05) is 24.3 Å².